The van der Waals surface area contributed by atoms with Crippen molar-refractivity contribution in [3.8, 4) is 0 Å². The van der Waals surface area contributed by atoms with Gasteiger partial charge >= 0.3 is 0 Å². The van der Waals surface area contributed by atoms with Gasteiger partial charge in [-0.25, -0.2) is 0 Å². The molecule has 0 radical (unpaired) electrons. The smallest absolute Gasteiger partial charge is 0.245 e. The van der Waals surface area contributed by atoms with Crippen molar-refractivity contribution in [2.24, 2.45) is 5.92 Å². The van der Waals surface area contributed by atoms with E-state index in [2.05, 4.69) is 26.1 Å². The molecule has 1 unspecified atom stereocenters. The molecule has 0 aliphatic carbocycles. The predicted molar refractivity (Wildman–Crippen MR) is 98.3 cm³/mol. The summed E-state index contributed by atoms with van der Waals surface area (Å²) < 4.78 is 16.1. The minimum absolute atomic E-state index is 0.0403. The molecule has 1 atom stereocenters. The lowest BCUT2D eigenvalue weighted by molar-refractivity contribution is -0.126. The van der Waals surface area contributed by atoms with Crippen LogP contribution in [0.25, 0.3) is 0 Å². The Labute approximate surface area is 148 Å². The van der Waals surface area contributed by atoms with Crippen LogP contribution in [0.3, 0.4) is 0 Å². The largest absolute Gasteiger partial charge is 0.379 e. The van der Waals surface area contributed by atoms with Gasteiger partial charge in [-0.3, -0.25) is 4.79 Å². The molecule has 5 nitrogen and oxygen atoms in total. The Morgan fingerprint density at radius 1 is 0.833 bits per heavy atom. The van der Waals surface area contributed by atoms with E-state index in [-0.39, 0.29) is 12.5 Å². The van der Waals surface area contributed by atoms with Crippen molar-refractivity contribution in [1.29, 1.82) is 0 Å². The summed E-state index contributed by atoms with van der Waals surface area (Å²) in [5, 5.41) is 2.91. The highest BCUT2D eigenvalue weighted by atomic mass is 16.5. The Morgan fingerprint density at radius 2 is 1.50 bits per heavy atom. The lowest BCUT2D eigenvalue weighted by atomic mass is 9.95. The molecule has 0 aliphatic heterocycles. The number of unbranched alkanes of at least 4 members (excludes halogenated alkanes) is 1. The molecule has 1 N–H and O–H groups in total. The average molecular weight is 346 g/mol. The molecule has 1 amide bonds. The fraction of sp³-hybridized carbons (Fsp3) is 0.947. The first-order valence-electron chi connectivity index (χ1n) is 9.74. The van der Waals surface area contributed by atoms with E-state index in [9.17, 15) is 4.79 Å². The second kappa shape index (κ2) is 18.7. The van der Waals surface area contributed by atoms with E-state index >= 15 is 0 Å². The Hall–Kier alpha value is -0.650. The minimum atomic E-state index is -0.0403. The predicted octanol–water partition coefficient (Wildman–Crippen LogP) is 3.56. The summed E-state index contributed by atoms with van der Waals surface area (Å²) in [6.07, 6.45) is 8.24. The van der Waals surface area contributed by atoms with Gasteiger partial charge in [0.25, 0.3) is 0 Å². The Balaban J connectivity index is 3.29. The highest BCUT2D eigenvalue weighted by Gasteiger charge is 2.05. The highest BCUT2D eigenvalue weighted by molar-refractivity contribution is 5.77. The van der Waals surface area contributed by atoms with Crippen molar-refractivity contribution in [2.75, 3.05) is 46.2 Å². The zero-order chi connectivity index (χ0) is 17.9. The zero-order valence-corrected chi connectivity index (χ0v) is 16.1. The van der Waals surface area contributed by atoms with Gasteiger partial charge < -0.3 is 19.5 Å². The van der Waals surface area contributed by atoms with Crippen LogP contribution in [-0.4, -0.2) is 52.1 Å². The van der Waals surface area contributed by atoms with Crippen molar-refractivity contribution in [2.45, 2.75) is 65.7 Å². The van der Waals surface area contributed by atoms with E-state index in [1.54, 1.807) is 0 Å². The maximum Gasteiger partial charge on any atom is 0.245 e. The van der Waals surface area contributed by atoms with Crippen LogP contribution in [0.5, 0.6) is 0 Å². The number of nitrogens with one attached hydrogen (secondary N) is 1. The Bertz CT molecular complexity index is 274. The number of ether oxygens (including phenoxy) is 3. The molecule has 144 valence electrons. The summed E-state index contributed by atoms with van der Waals surface area (Å²) in [5.41, 5.74) is 0. The van der Waals surface area contributed by atoms with Gasteiger partial charge in [-0.05, 0) is 25.2 Å². The molecule has 0 aromatic heterocycles. The number of amides is 1. The first-order valence-corrected chi connectivity index (χ1v) is 9.74. The van der Waals surface area contributed by atoms with Crippen molar-refractivity contribution in [3.05, 3.63) is 0 Å². The summed E-state index contributed by atoms with van der Waals surface area (Å²) in [6.45, 7) is 10.4. The number of hydrogen-bond acceptors (Lipinski definition) is 4. The van der Waals surface area contributed by atoms with E-state index in [1.807, 2.05) is 0 Å². The van der Waals surface area contributed by atoms with Crippen LogP contribution in [0.15, 0.2) is 0 Å². The molecule has 0 fully saturated rings. The van der Waals surface area contributed by atoms with E-state index in [1.165, 1.54) is 25.7 Å². The third kappa shape index (κ3) is 16.2. The van der Waals surface area contributed by atoms with Gasteiger partial charge in [0.05, 0.1) is 26.4 Å². The van der Waals surface area contributed by atoms with Gasteiger partial charge in [0.2, 0.25) is 5.91 Å². The molecule has 0 saturated heterocycles. The molecule has 24 heavy (non-hydrogen) atoms. The molecular formula is C19H39NO4. The van der Waals surface area contributed by atoms with Gasteiger partial charge in [-0.15, -0.1) is 0 Å². The summed E-state index contributed by atoms with van der Waals surface area (Å²) in [4.78, 5) is 11.6. The Kier molecular flexibility index (Phi) is 18.2. The van der Waals surface area contributed by atoms with Crippen molar-refractivity contribution >= 4 is 5.91 Å². The van der Waals surface area contributed by atoms with Gasteiger partial charge in [-0.1, -0.05) is 46.5 Å². The van der Waals surface area contributed by atoms with Crippen LogP contribution < -0.4 is 5.32 Å². The van der Waals surface area contributed by atoms with Gasteiger partial charge in [-0.2, -0.15) is 0 Å². The molecular weight excluding hydrogens is 306 g/mol. The van der Waals surface area contributed by atoms with Crippen LogP contribution in [-0.2, 0) is 19.0 Å². The standard InChI is InChI=1S/C19H39NO4/c1-4-7-12-22-13-14-23-15-16-24-17-19(21)20-11-8-10-18(6-3)9-5-2/h18H,4-17H2,1-3H3,(H,20,21). The fourth-order valence-corrected chi connectivity index (χ4v) is 2.48. The van der Waals surface area contributed by atoms with Crippen molar-refractivity contribution in [3.63, 3.8) is 0 Å². The fourth-order valence-electron chi connectivity index (χ4n) is 2.48. The Morgan fingerprint density at radius 3 is 2.12 bits per heavy atom. The number of carbonyl (C=O) groups is 1. The van der Waals surface area contributed by atoms with Crippen LogP contribution in [0.1, 0.15) is 65.7 Å². The maximum atomic E-state index is 11.6. The summed E-state index contributed by atoms with van der Waals surface area (Å²) in [5.74, 6) is 0.757. The van der Waals surface area contributed by atoms with Crippen LogP contribution >= 0.6 is 0 Å². The van der Waals surface area contributed by atoms with Crippen LogP contribution in [0.4, 0.5) is 0 Å². The second-order valence-electron chi connectivity index (χ2n) is 6.19. The average Bonchev–Trinajstić information content (AvgIpc) is 2.59. The SMILES string of the molecule is CCCCOCCOCCOCC(=O)NCCCC(CC)CCC. The molecule has 0 saturated carbocycles. The van der Waals surface area contributed by atoms with Gasteiger partial charge in [0.15, 0.2) is 0 Å². The quantitative estimate of drug-likeness (QED) is 0.386. The molecule has 0 heterocycles. The summed E-state index contributed by atoms with van der Waals surface area (Å²) in [6, 6.07) is 0. The van der Waals surface area contributed by atoms with E-state index < -0.39 is 0 Å². The lowest BCUT2D eigenvalue weighted by Crippen LogP contribution is -2.29. The first kappa shape index (κ1) is 23.4. The maximum absolute atomic E-state index is 11.6. The third-order valence-corrected chi connectivity index (χ3v) is 4.00. The van der Waals surface area contributed by atoms with E-state index in [0.29, 0.717) is 26.4 Å². The normalized spacial score (nSPS) is 12.3. The molecule has 0 bridgehead atoms. The summed E-state index contributed by atoms with van der Waals surface area (Å²) in [7, 11) is 0. The van der Waals surface area contributed by atoms with E-state index in [4.69, 9.17) is 14.2 Å². The molecule has 5 heteroatoms. The monoisotopic (exact) mass is 345 g/mol. The third-order valence-electron chi connectivity index (χ3n) is 4.00. The van der Waals surface area contributed by atoms with Gasteiger partial charge in [0, 0.05) is 13.2 Å². The minimum Gasteiger partial charge on any atom is -0.379 e. The highest BCUT2D eigenvalue weighted by Crippen LogP contribution is 2.16. The van der Waals surface area contributed by atoms with Crippen molar-refractivity contribution in [1.82, 2.24) is 5.32 Å². The lowest BCUT2D eigenvalue weighted by Gasteiger charge is -2.13. The number of carbonyl (C=O) groups excluding carboxylic acids is 1. The topological polar surface area (TPSA) is 56.8 Å². The zero-order valence-electron chi connectivity index (χ0n) is 16.1. The molecule has 0 aromatic rings. The van der Waals surface area contributed by atoms with Crippen molar-refractivity contribution < 1.29 is 19.0 Å². The van der Waals surface area contributed by atoms with Gasteiger partial charge in [0.1, 0.15) is 6.61 Å². The van der Waals surface area contributed by atoms with E-state index in [0.717, 1.165) is 38.3 Å². The number of rotatable bonds is 18. The number of hydrogen-bond donors (Lipinski definition) is 1. The first-order chi connectivity index (χ1) is 11.7. The van der Waals surface area contributed by atoms with Crippen LogP contribution in [0.2, 0.25) is 0 Å². The van der Waals surface area contributed by atoms with Crippen LogP contribution in [0, 0.1) is 5.92 Å². The second-order valence-corrected chi connectivity index (χ2v) is 6.19. The molecule has 0 aromatic carbocycles. The summed E-state index contributed by atoms with van der Waals surface area (Å²) >= 11 is 0. The molecule has 0 spiro atoms. The molecule has 0 aliphatic rings. The molecule has 0 rings (SSSR count).